The van der Waals surface area contributed by atoms with Crippen LogP contribution < -0.4 is 5.73 Å². The van der Waals surface area contributed by atoms with Gasteiger partial charge in [-0.25, -0.2) is 0 Å². The molecule has 0 aromatic heterocycles. The molecular weight excluding hydrogens is 182 g/mol. The zero-order valence-electron chi connectivity index (χ0n) is 8.07. The largest absolute Gasteiger partial charge is 0.330 e. The van der Waals surface area contributed by atoms with Crippen molar-refractivity contribution in [2.45, 2.75) is 19.8 Å². The zero-order valence-corrected chi connectivity index (χ0v) is 8.89. The van der Waals surface area contributed by atoms with Crippen LogP contribution in [0.4, 0.5) is 0 Å². The van der Waals surface area contributed by atoms with Gasteiger partial charge < -0.3 is 5.73 Å². The maximum atomic E-state index is 5.63. The first-order valence-corrected chi connectivity index (χ1v) is 4.60. The minimum Gasteiger partial charge on any atom is -0.330 e. The van der Waals surface area contributed by atoms with E-state index in [-0.39, 0.29) is 12.4 Å². The highest BCUT2D eigenvalue weighted by Gasteiger charge is 2.03. The fourth-order valence-electron chi connectivity index (χ4n) is 1.34. The van der Waals surface area contributed by atoms with E-state index in [9.17, 15) is 0 Å². The van der Waals surface area contributed by atoms with Crippen LogP contribution in [-0.2, 0) is 6.42 Å². The van der Waals surface area contributed by atoms with E-state index in [1.54, 1.807) is 0 Å². The minimum absolute atomic E-state index is 0. The summed E-state index contributed by atoms with van der Waals surface area (Å²) in [6.45, 7) is 2.99. The second kappa shape index (κ2) is 6.93. The molecule has 2 N–H and O–H groups in total. The molecule has 1 unspecified atom stereocenters. The average Bonchev–Trinajstić information content (AvgIpc) is 2.16. The Morgan fingerprint density at radius 3 is 2.31 bits per heavy atom. The minimum atomic E-state index is 0. The second-order valence-corrected chi connectivity index (χ2v) is 3.20. The Morgan fingerprint density at radius 2 is 1.85 bits per heavy atom. The van der Waals surface area contributed by atoms with Gasteiger partial charge in [-0.15, -0.1) is 12.4 Å². The Bertz CT molecular complexity index is 207. The third-order valence-corrected chi connectivity index (χ3v) is 2.28. The van der Waals surface area contributed by atoms with Gasteiger partial charge in [0.1, 0.15) is 0 Å². The SMILES string of the molecule is CCC(CN)Cc1ccccc1.Cl. The van der Waals surface area contributed by atoms with E-state index in [1.165, 1.54) is 12.0 Å². The van der Waals surface area contributed by atoms with E-state index < -0.39 is 0 Å². The Kier molecular flexibility index (Phi) is 6.65. The maximum absolute atomic E-state index is 5.63. The zero-order chi connectivity index (χ0) is 8.81. The molecule has 0 saturated heterocycles. The van der Waals surface area contributed by atoms with Crippen molar-refractivity contribution >= 4 is 12.4 Å². The molecule has 0 radical (unpaired) electrons. The third kappa shape index (κ3) is 4.30. The van der Waals surface area contributed by atoms with E-state index in [4.69, 9.17) is 5.73 Å². The molecule has 13 heavy (non-hydrogen) atoms. The standard InChI is InChI=1S/C11H17N.ClH/c1-2-10(9-12)8-11-6-4-3-5-7-11;/h3-7,10H,2,8-9,12H2,1H3;1H. The predicted octanol–water partition coefficient (Wildman–Crippen LogP) is 2.64. The lowest BCUT2D eigenvalue weighted by Crippen LogP contribution is -2.15. The molecule has 2 heteroatoms. The van der Waals surface area contributed by atoms with Crippen molar-refractivity contribution < 1.29 is 0 Å². The molecule has 0 bridgehead atoms. The molecule has 0 aliphatic heterocycles. The Labute approximate surface area is 86.7 Å². The summed E-state index contributed by atoms with van der Waals surface area (Å²) in [5.74, 6) is 0.646. The molecule has 0 amide bonds. The lowest BCUT2D eigenvalue weighted by atomic mass is 9.97. The van der Waals surface area contributed by atoms with Crippen LogP contribution in [0.15, 0.2) is 30.3 Å². The van der Waals surface area contributed by atoms with E-state index in [0.29, 0.717) is 5.92 Å². The Balaban J connectivity index is 0.00000144. The van der Waals surface area contributed by atoms with Crippen LogP contribution >= 0.6 is 12.4 Å². The van der Waals surface area contributed by atoms with Gasteiger partial charge in [0.05, 0.1) is 0 Å². The molecule has 0 aliphatic rings. The van der Waals surface area contributed by atoms with Crippen LogP contribution in [0.2, 0.25) is 0 Å². The van der Waals surface area contributed by atoms with Crippen LogP contribution in [0.3, 0.4) is 0 Å². The first kappa shape index (κ1) is 12.5. The van der Waals surface area contributed by atoms with Crippen LogP contribution in [-0.4, -0.2) is 6.54 Å². The summed E-state index contributed by atoms with van der Waals surface area (Å²) in [5.41, 5.74) is 7.03. The fraction of sp³-hybridized carbons (Fsp3) is 0.455. The highest BCUT2D eigenvalue weighted by atomic mass is 35.5. The third-order valence-electron chi connectivity index (χ3n) is 2.28. The quantitative estimate of drug-likeness (QED) is 0.793. The van der Waals surface area contributed by atoms with Crippen molar-refractivity contribution in [1.82, 2.24) is 0 Å². The number of benzene rings is 1. The van der Waals surface area contributed by atoms with Crippen molar-refractivity contribution in [2.75, 3.05) is 6.54 Å². The van der Waals surface area contributed by atoms with E-state index in [1.807, 2.05) is 6.07 Å². The maximum Gasteiger partial charge on any atom is -0.00458 e. The van der Waals surface area contributed by atoms with Gasteiger partial charge in [-0.05, 0) is 24.4 Å². The van der Waals surface area contributed by atoms with E-state index in [0.717, 1.165) is 13.0 Å². The fourth-order valence-corrected chi connectivity index (χ4v) is 1.34. The first-order valence-electron chi connectivity index (χ1n) is 4.60. The predicted molar refractivity (Wildman–Crippen MR) is 60.2 cm³/mol. The van der Waals surface area contributed by atoms with Gasteiger partial charge in [0.15, 0.2) is 0 Å². The number of nitrogens with two attached hydrogens (primary N) is 1. The molecule has 74 valence electrons. The highest BCUT2D eigenvalue weighted by Crippen LogP contribution is 2.09. The molecule has 0 aliphatic carbocycles. The topological polar surface area (TPSA) is 26.0 Å². The van der Waals surface area contributed by atoms with Crippen molar-refractivity contribution in [2.24, 2.45) is 11.7 Å². The number of hydrogen-bond acceptors (Lipinski definition) is 1. The molecule has 1 rings (SSSR count). The van der Waals surface area contributed by atoms with Gasteiger partial charge in [-0.1, -0.05) is 43.7 Å². The number of hydrogen-bond donors (Lipinski definition) is 1. The summed E-state index contributed by atoms with van der Waals surface area (Å²) in [4.78, 5) is 0. The van der Waals surface area contributed by atoms with Crippen LogP contribution in [0.5, 0.6) is 0 Å². The lowest BCUT2D eigenvalue weighted by Gasteiger charge is -2.11. The molecule has 0 heterocycles. The monoisotopic (exact) mass is 199 g/mol. The molecule has 0 fully saturated rings. The second-order valence-electron chi connectivity index (χ2n) is 3.20. The number of rotatable bonds is 4. The summed E-state index contributed by atoms with van der Waals surface area (Å²) in [5, 5.41) is 0. The summed E-state index contributed by atoms with van der Waals surface area (Å²) < 4.78 is 0. The summed E-state index contributed by atoms with van der Waals surface area (Å²) in [7, 11) is 0. The van der Waals surface area contributed by atoms with Gasteiger partial charge >= 0.3 is 0 Å². The molecule has 0 saturated carbocycles. The van der Waals surface area contributed by atoms with Gasteiger partial charge in [-0.2, -0.15) is 0 Å². The normalized spacial score (nSPS) is 11.8. The van der Waals surface area contributed by atoms with E-state index in [2.05, 4.69) is 31.2 Å². The molecule has 1 nitrogen and oxygen atoms in total. The van der Waals surface area contributed by atoms with Crippen molar-refractivity contribution in [3.8, 4) is 0 Å². The van der Waals surface area contributed by atoms with Gasteiger partial charge in [0, 0.05) is 0 Å². The number of halogens is 1. The summed E-state index contributed by atoms with van der Waals surface area (Å²) in [6, 6.07) is 10.5. The molecule has 1 aromatic rings. The van der Waals surface area contributed by atoms with Crippen molar-refractivity contribution in [3.05, 3.63) is 35.9 Å². The summed E-state index contributed by atoms with van der Waals surface area (Å²) in [6.07, 6.45) is 2.29. The van der Waals surface area contributed by atoms with E-state index >= 15 is 0 Å². The van der Waals surface area contributed by atoms with Gasteiger partial charge in [-0.3, -0.25) is 0 Å². The average molecular weight is 200 g/mol. The van der Waals surface area contributed by atoms with Crippen molar-refractivity contribution in [1.29, 1.82) is 0 Å². The Morgan fingerprint density at radius 1 is 1.23 bits per heavy atom. The summed E-state index contributed by atoms with van der Waals surface area (Å²) >= 11 is 0. The smallest absolute Gasteiger partial charge is 0.00458 e. The first-order chi connectivity index (χ1) is 5.86. The molecular formula is C11H18ClN. The van der Waals surface area contributed by atoms with Crippen molar-refractivity contribution in [3.63, 3.8) is 0 Å². The lowest BCUT2D eigenvalue weighted by molar-refractivity contribution is 0.519. The highest BCUT2D eigenvalue weighted by molar-refractivity contribution is 5.85. The molecule has 1 atom stereocenters. The van der Waals surface area contributed by atoms with Gasteiger partial charge in [0.2, 0.25) is 0 Å². The van der Waals surface area contributed by atoms with Crippen LogP contribution in [0.25, 0.3) is 0 Å². The Hall–Kier alpha value is -0.530. The van der Waals surface area contributed by atoms with Crippen LogP contribution in [0, 0.1) is 5.92 Å². The molecule has 0 spiro atoms. The van der Waals surface area contributed by atoms with Gasteiger partial charge in [0.25, 0.3) is 0 Å². The van der Waals surface area contributed by atoms with Crippen LogP contribution in [0.1, 0.15) is 18.9 Å². The molecule has 1 aromatic carbocycles.